The molecule has 0 unspecified atom stereocenters. The zero-order valence-electron chi connectivity index (χ0n) is 13.1. The van der Waals surface area contributed by atoms with E-state index in [1.807, 2.05) is 17.7 Å². The number of thioether (sulfide) groups is 1. The maximum Gasteiger partial charge on any atom is 0.234 e. The van der Waals surface area contributed by atoms with E-state index in [1.165, 1.54) is 11.3 Å². The smallest absolute Gasteiger partial charge is 0.234 e. The molecule has 3 rings (SSSR count). The summed E-state index contributed by atoms with van der Waals surface area (Å²) < 4.78 is 2.02. The van der Waals surface area contributed by atoms with Crippen molar-refractivity contribution in [2.45, 2.75) is 38.8 Å². The van der Waals surface area contributed by atoms with E-state index in [2.05, 4.69) is 41.7 Å². The fourth-order valence-corrected chi connectivity index (χ4v) is 3.47. The predicted molar refractivity (Wildman–Crippen MR) is 90.5 cm³/mol. The molecule has 1 aliphatic rings. The number of rotatable bonds is 4. The molecule has 0 aliphatic carbocycles. The Morgan fingerprint density at radius 1 is 1.41 bits per heavy atom. The van der Waals surface area contributed by atoms with Gasteiger partial charge in [-0.15, -0.1) is 11.8 Å². The van der Waals surface area contributed by atoms with Crippen LogP contribution in [0.2, 0.25) is 0 Å². The number of carbonyl (C=O) groups excluding carboxylic acids is 1. The summed E-state index contributed by atoms with van der Waals surface area (Å²) in [6.07, 6.45) is 0. The Hall–Kier alpha value is -1.95. The van der Waals surface area contributed by atoms with Crippen molar-refractivity contribution < 1.29 is 4.79 Å². The third-order valence-corrected chi connectivity index (χ3v) is 4.99. The monoisotopic (exact) mass is 316 g/mol. The number of carbonyl (C=O) groups is 1. The van der Waals surface area contributed by atoms with Crippen molar-refractivity contribution in [1.29, 1.82) is 0 Å². The quantitative estimate of drug-likeness (QED) is 0.909. The van der Waals surface area contributed by atoms with Crippen LogP contribution in [0.1, 0.15) is 23.9 Å². The molecule has 6 heteroatoms. The first-order chi connectivity index (χ1) is 10.6. The average molecular weight is 316 g/mol. The number of benzene rings is 1. The number of hydrogen-bond donors (Lipinski definition) is 2. The lowest BCUT2D eigenvalue weighted by Crippen LogP contribution is -2.18. The second-order valence-electron chi connectivity index (χ2n) is 5.37. The Kier molecular flexibility index (Phi) is 4.11. The van der Waals surface area contributed by atoms with Crippen molar-refractivity contribution in [3.05, 3.63) is 35.2 Å². The fourth-order valence-electron chi connectivity index (χ4n) is 2.68. The van der Waals surface area contributed by atoms with Crippen LogP contribution < -0.4 is 10.6 Å². The molecule has 0 bridgehead atoms. The van der Waals surface area contributed by atoms with Gasteiger partial charge in [-0.3, -0.25) is 9.48 Å². The minimum absolute atomic E-state index is 0.0607. The van der Waals surface area contributed by atoms with Crippen LogP contribution in [0.15, 0.2) is 23.1 Å². The number of nitrogens with zero attached hydrogens (tertiary/aromatic N) is 2. The largest absolute Gasteiger partial charge is 0.381 e. The lowest BCUT2D eigenvalue weighted by Gasteiger charge is -2.17. The SMILES string of the molecule is CCn1nc(C)c(CNc2ccc3c(c2)NC(=O)CS3)c1C. The summed E-state index contributed by atoms with van der Waals surface area (Å²) in [6.45, 7) is 7.86. The predicted octanol–water partition coefficient (Wildman–Crippen LogP) is 3.18. The van der Waals surface area contributed by atoms with E-state index < -0.39 is 0 Å². The molecule has 1 aromatic carbocycles. The highest BCUT2D eigenvalue weighted by atomic mass is 32.2. The lowest BCUT2D eigenvalue weighted by molar-refractivity contribution is -0.113. The van der Waals surface area contributed by atoms with E-state index in [0.717, 1.165) is 35.1 Å². The Morgan fingerprint density at radius 3 is 2.95 bits per heavy atom. The normalized spacial score (nSPS) is 13.7. The molecule has 0 spiro atoms. The Bertz CT molecular complexity index is 723. The van der Waals surface area contributed by atoms with E-state index in [0.29, 0.717) is 5.75 Å². The van der Waals surface area contributed by atoms with E-state index in [-0.39, 0.29) is 5.91 Å². The van der Waals surface area contributed by atoms with Gasteiger partial charge in [0.1, 0.15) is 0 Å². The highest BCUT2D eigenvalue weighted by Crippen LogP contribution is 2.33. The molecule has 116 valence electrons. The van der Waals surface area contributed by atoms with Gasteiger partial charge in [-0.2, -0.15) is 5.10 Å². The van der Waals surface area contributed by atoms with Crippen LogP contribution in [-0.2, 0) is 17.9 Å². The highest BCUT2D eigenvalue weighted by molar-refractivity contribution is 8.00. The van der Waals surface area contributed by atoms with Crippen LogP contribution in [0.5, 0.6) is 0 Å². The van der Waals surface area contributed by atoms with Crippen LogP contribution in [0.4, 0.5) is 11.4 Å². The van der Waals surface area contributed by atoms with Gasteiger partial charge in [-0.25, -0.2) is 0 Å². The second kappa shape index (κ2) is 6.04. The molecule has 22 heavy (non-hydrogen) atoms. The average Bonchev–Trinajstić information content (AvgIpc) is 2.78. The number of hydrogen-bond acceptors (Lipinski definition) is 4. The number of fused-ring (bicyclic) bond motifs is 1. The zero-order chi connectivity index (χ0) is 15.7. The Morgan fingerprint density at radius 2 is 2.23 bits per heavy atom. The first-order valence-corrected chi connectivity index (χ1v) is 8.40. The van der Waals surface area contributed by atoms with Crippen LogP contribution in [0.3, 0.4) is 0 Å². The molecule has 1 amide bonds. The van der Waals surface area contributed by atoms with Crippen molar-refractivity contribution in [3.8, 4) is 0 Å². The highest BCUT2D eigenvalue weighted by Gasteiger charge is 2.16. The number of anilines is 2. The minimum Gasteiger partial charge on any atom is -0.381 e. The number of aryl methyl sites for hydroxylation is 2. The molecule has 5 nitrogen and oxygen atoms in total. The van der Waals surface area contributed by atoms with Crippen molar-refractivity contribution in [2.24, 2.45) is 0 Å². The van der Waals surface area contributed by atoms with Gasteiger partial charge in [0.2, 0.25) is 5.91 Å². The molecule has 1 aliphatic heterocycles. The summed E-state index contributed by atoms with van der Waals surface area (Å²) >= 11 is 1.58. The van der Waals surface area contributed by atoms with Gasteiger partial charge in [0, 0.05) is 34.9 Å². The van der Waals surface area contributed by atoms with Gasteiger partial charge >= 0.3 is 0 Å². The second-order valence-corrected chi connectivity index (χ2v) is 6.38. The standard InChI is InChI=1S/C16H20N4OS/c1-4-20-11(3)13(10(2)19-20)8-17-12-5-6-15-14(7-12)18-16(21)9-22-15/h5-7,17H,4,8-9H2,1-3H3,(H,18,21). The van der Waals surface area contributed by atoms with Crippen LogP contribution in [-0.4, -0.2) is 21.4 Å². The molecule has 2 N–H and O–H groups in total. The van der Waals surface area contributed by atoms with E-state index >= 15 is 0 Å². The number of aromatic nitrogens is 2. The third kappa shape index (κ3) is 2.83. The van der Waals surface area contributed by atoms with Crippen molar-refractivity contribution in [3.63, 3.8) is 0 Å². The first kappa shape index (κ1) is 15.0. The topological polar surface area (TPSA) is 59.0 Å². The molecule has 0 saturated heterocycles. The maximum atomic E-state index is 11.5. The van der Waals surface area contributed by atoms with E-state index in [4.69, 9.17) is 0 Å². The van der Waals surface area contributed by atoms with Crippen molar-refractivity contribution >= 4 is 29.0 Å². The minimum atomic E-state index is 0.0607. The van der Waals surface area contributed by atoms with Gasteiger partial charge in [0.05, 0.1) is 17.1 Å². The van der Waals surface area contributed by atoms with Crippen LogP contribution >= 0.6 is 11.8 Å². The summed E-state index contributed by atoms with van der Waals surface area (Å²) in [4.78, 5) is 12.6. The molecular weight excluding hydrogens is 296 g/mol. The molecule has 0 fully saturated rings. The summed E-state index contributed by atoms with van der Waals surface area (Å²) in [5.41, 5.74) is 5.40. The molecule has 0 radical (unpaired) electrons. The first-order valence-electron chi connectivity index (χ1n) is 7.42. The Labute approximate surface area is 134 Å². The molecule has 0 saturated carbocycles. The van der Waals surface area contributed by atoms with Gasteiger partial charge in [0.15, 0.2) is 0 Å². The van der Waals surface area contributed by atoms with Gasteiger partial charge < -0.3 is 10.6 Å². The zero-order valence-corrected chi connectivity index (χ0v) is 13.9. The van der Waals surface area contributed by atoms with Gasteiger partial charge in [-0.05, 0) is 39.0 Å². The summed E-state index contributed by atoms with van der Waals surface area (Å²) in [6, 6.07) is 6.10. The van der Waals surface area contributed by atoms with Crippen molar-refractivity contribution in [2.75, 3.05) is 16.4 Å². The summed E-state index contributed by atoms with van der Waals surface area (Å²) in [5, 5.41) is 10.9. The van der Waals surface area contributed by atoms with E-state index in [9.17, 15) is 4.79 Å². The van der Waals surface area contributed by atoms with Crippen LogP contribution in [0, 0.1) is 13.8 Å². The molecular formula is C16H20N4OS. The number of nitrogens with one attached hydrogen (secondary N) is 2. The maximum absolute atomic E-state index is 11.5. The lowest BCUT2D eigenvalue weighted by atomic mass is 10.2. The Balaban J connectivity index is 1.76. The van der Waals surface area contributed by atoms with E-state index in [1.54, 1.807) is 11.8 Å². The van der Waals surface area contributed by atoms with Crippen LogP contribution in [0.25, 0.3) is 0 Å². The van der Waals surface area contributed by atoms with Gasteiger partial charge in [0.25, 0.3) is 0 Å². The number of amides is 1. The molecule has 2 aromatic rings. The molecule has 2 heterocycles. The fraction of sp³-hybridized carbons (Fsp3) is 0.375. The van der Waals surface area contributed by atoms with Gasteiger partial charge in [-0.1, -0.05) is 0 Å². The molecule has 1 aromatic heterocycles. The van der Waals surface area contributed by atoms with Crippen molar-refractivity contribution in [1.82, 2.24) is 9.78 Å². The summed E-state index contributed by atoms with van der Waals surface area (Å²) in [7, 11) is 0. The molecule has 0 atom stereocenters. The third-order valence-electron chi connectivity index (χ3n) is 3.91. The summed E-state index contributed by atoms with van der Waals surface area (Å²) in [5.74, 6) is 0.555.